The number of carbonyl (C=O) groups is 2. The molecule has 0 unspecified atom stereocenters. The smallest absolute Gasteiger partial charge is 0.242 e. The molecule has 10 heteroatoms. The van der Waals surface area contributed by atoms with Crippen molar-refractivity contribution < 1.29 is 22.7 Å². The molecule has 2 rings (SSSR count). The van der Waals surface area contributed by atoms with Gasteiger partial charge in [0.1, 0.15) is 11.8 Å². The monoisotopic (exact) mass is 523 g/mol. The fourth-order valence-electron chi connectivity index (χ4n) is 3.77. The maximum Gasteiger partial charge on any atom is 0.242 e. The summed E-state index contributed by atoms with van der Waals surface area (Å²) in [6.45, 7) is 4.51. The Morgan fingerprint density at radius 1 is 1.11 bits per heavy atom. The van der Waals surface area contributed by atoms with Crippen LogP contribution >= 0.6 is 11.6 Å². The number of nitrogens with one attached hydrogen (secondary N) is 1. The zero-order valence-electron chi connectivity index (χ0n) is 20.7. The Labute approximate surface area is 213 Å². The summed E-state index contributed by atoms with van der Waals surface area (Å²) < 4.78 is 31.2. The van der Waals surface area contributed by atoms with Crippen LogP contribution in [-0.4, -0.2) is 57.6 Å². The number of methoxy groups -OCH3 is 1. The van der Waals surface area contributed by atoms with Gasteiger partial charge < -0.3 is 15.0 Å². The molecule has 0 fully saturated rings. The Morgan fingerprint density at radius 2 is 1.80 bits per heavy atom. The molecule has 2 aromatic rings. The van der Waals surface area contributed by atoms with Crippen molar-refractivity contribution in [3.05, 3.63) is 59.1 Å². The number of likely N-dealkylation sites (N-methyl/N-ethyl adjacent to an activating group) is 1. The third kappa shape index (κ3) is 8.43. The van der Waals surface area contributed by atoms with E-state index in [1.807, 2.05) is 26.0 Å². The Kier molecular flexibility index (Phi) is 10.9. The lowest BCUT2D eigenvalue weighted by Crippen LogP contribution is -2.49. The highest BCUT2D eigenvalue weighted by atomic mass is 35.5. The molecule has 1 N–H and O–H groups in total. The van der Waals surface area contributed by atoms with Gasteiger partial charge in [-0.2, -0.15) is 0 Å². The number of hydrogen-bond donors (Lipinski definition) is 1. The highest BCUT2D eigenvalue weighted by Crippen LogP contribution is 2.23. The Bertz CT molecular complexity index is 1090. The van der Waals surface area contributed by atoms with Crippen molar-refractivity contribution in [1.82, 2.24) is 10.2 Å². The van der Waals surface area contributed by atoms with E-state index in [2.05, 4.69) is 5.32 Å². The summed E-state index contributed by atoms with van der Waals surface area (Å²) in [7, 11) is -2.00. The van der Waals surface area contributed by atoms with Crippen LogP contribution in [0.3, 0.4) is 0 Å². The van der Waals surface area contributed by atoms with E-state index in [1.165, 1.54) is 4.31 Å². The Morgan fingerprint density at radius 3 is 2.34 bits per heavy atom. The number of nitrogens with zero attached hydrogens (tertiary/aromatic N) is 2. The standard InChI is InChI=1S/C25H34ClN3O5S/c1-5-23(25(31)27-6-2)28(18-19-12-14-22(34-3)15-13-19)24(30)11-8-16-29(35(4,32)33)21-10-7-9-20(26)17-21/h7,9-10,12-15,17,23H,5-6,8,11,16,18H2,1-4H3,(H,27,31)/t23-/m1/s1. The summed E-state index contributed by atoms with van der Waals surface area (Å²) in [5.74, 6) is 0.260. The van der Waals surface area contributed by atoms with Crippen molar-refractivity contribution >= 4 is 39.1 Å². The molecule has 0 heterocycles. The van der Waals surface area contributed by atoms with Crippen LogP contribution in [0.15, 0.2) is 48.5 Å². The zero-order valence-corrected chi connectivity index (χ0v) is 22.2. The van der Waals surface area contributed by atoms with Gasteiger partial charge in [-0.25, -0.2) is 8.42 Å². The quantitative estimate of drug-likeness (QED) is 0.430. The Hall–Kier alpha value is -2.78. The van der Waals surface area contributed by atoms with Crippen molar-refractivity contribution in [2.45, 2.75) is 45.7 Å². The average Bonchev–Trinajstić information content (AvgIpc) is 2.81. The first-order valence-electron chi connectivity index (χ1n) is 11.5. The van der Waals surface area contributed by atoms with Gasteiger partial charge in [0.25, 0.3) is 0 Å². The number of ether oxygens (including phenoxy) is 1. The first-order valence-corrected chi connectivity index (χ1v) is 13.8. The molecule has 192 valence electrons. The molecule has 35 heavy (non-hydrogen) atoms. The number of sulfonamides is 1. The van der Waals surface area contributed by atoms with E-state index in [1.54, 1.807) is 48.4 Å². The summed E-state index contributed by atoms with van der Waals surface area (Å²) in [6, 6.07) is 13.3. The zero-order chi connectivity index (χ0) is 26.0. The molecule has 0 aromatic heterocycles. The predicted molar refractivity (Wildman–Crippen MR) is 139 cm³/mol. The molecular weight excluding hydrogens is 490 g/mol. The van der Waals surface area contributed by atoms with Crippen LogP contribution in [0.4, 0.5) is 5.69 Å². The van der Waals surface area contributed by atoms with Crippen LogP contribution < -0.4 is 14.4 Å². The van der Waals surface area contributed by atoms with E-state index in [9.17, 15) is 18.0 Å². The molecule has 0 bridgehead atoms. The third-order valence-corrected chi connectivity index (χ3v) is 6.93. The van der Waals surface area contributed by atoms with Gasteiger partial charge in [0.05, 0.1) is 19.1 Å². The van der Waals surface area contributed by atoms with Gasteiger partial charge >= 0.3 is 0 Å². The van der Waals surface area contributed by atoms with Crippen molar-refractivity contribution in [2.24, 2.45) is 0 Å². The van der Waals surface area contributed by atoms with Gasteiger partial charge in [-0.1, -0.05) is 36.7 Å². The molecule has 8 nitrogen and oxygen atoms in total. The highest BCUT2D eigenvalue weighted by Gasteiger charge is 2.28. The number of benzene rings is 2. The maximum absolute atomic E-state index is 13.3. The molecule has 0 aliphatic heterocycles. The summed E-state index contributed by atoms with van der Waals surface area (Å²) in [6.07, 6.45) is 1.93. The van der Waals surface area contributed by atoms with Crippen LogP contribution in [0.2, 0.25) is 5.02 Å². The Balaban J connectivity index is 2.20. The molecule has 2 amide bonds. The van der Waals surface area contributed by atoms with Crippen molar-refractivity contribution in [3.63, 3.8) is 0 Å². The van der Waals surface area contributed by atoms with E-state index < -0.39 is 16.1 Å². The normalized spacial score (nSPS) is 12.0. The number of rotatable bonds is 13. The van der Waals surface area contributed by atoms with E-state index in [0.29, 0.717) is 29.4 Å². The fourth-order valence-corrected chi connectivity index (χ4v) is 4.92. The first-order chi connectivity index (χ1) is 16.6. The molecule has 0 spiro atoms. The lowest BCUT2D eigenvalue weighted by molar-refractivity contribution is -0.141. The highest BCUT2D eigenvalue weighted by molar-refractivity contribution is 7.92. The van der Waals surface area contributed by atoms with Crippen LogP contribution in [0.1, 0.15) is 38.7 Å². The SMILES string of the molecule is CCNC(=O)[C@@H](CC)N(Cc1ccc(OC)cc1)C(=O)CCCN(c1cccc(Cl)c1)S(C)(=O)=O. The van der Waals surface area contributed by atoms with Crippen LogP contribution in [0.25, 0.3) is 0 Å². The van der Waals surface area contributed by atoms with Gasteiger partial charge in [-0.3, -0.25) is 13.9 Å². The minimum Gasteiger partial charge on any atom is -0.497 e. The first kappa shape index (κ1) is 28.5. The average molecular weight is 524 g/mol. The number of halogens is 1. The van der Waals surface area contributed by atoms with Crippen molar-refractivity contribution in [2.75, 3.05) is 30.8 Å². The summed E-state index contributed by atoms with van der Waals surface area (Å²) in [4.78, 5) is 27.6. The minimum atomic E-state index is -3.58. The van der Waals surface area contributed by atoms with Crippen molar-refractivity contribution in [3.8, 4) is 5.75 Å². The van der Waals surface area contributed by atoms with Gasteiger partial charge in [0, 0.05) is 31.1 Å². The summed E-state index contributed by atoms with van der Waals surface area (Å²) in [5.41, 5.74) is 1.30. The topological polar surface area (TPSA) is 96.0 Å². The molecule has 0 radical (unpaired) electrons. The molecule has 0 aliphatic carbocycles. The third-order valence-electron chi connectivity index (χ3n) is 5.50. The number of carbonyl (C=O) groups excluding carboxylic acids is 2. The second-order valence-electron chi connectivity index (χ2n) is 8.11. The number of hydrogen-bond acceptors (Lipinski definition) is 5. The second kappa shape index (κ2) is 13.3. The molecule has 0 aliphatic rings. The van der Waals surface area contributed by atoms with E-state index >= 15 is 0 Å². The van der Waals surface area contributed by atoms with Gasteiger partial charge in [-0.05, 0) is 55.7 Å². The largest absolute Gasteiger partial charge is 0.497 e. The lowest BCUT2D eigenvalue weighted by atomic mass is 10.1. The van der Waals surface area contributed by atoms with Crippen LogP contribution in [0.5, 0.6) is 5.75 Å². The van der Waals surface area contributed by atoms with Crippen LogP contribution in [0, 0.1) is 0 Å². The van der Waals surface area contributed by atoms with Crippen LogP contribution in [-0.2, 0) is 26.2 Å². The lowest BCUT2D eigenvalue weighted by Gasteiger charge is -2.31. The molecule has 2 aromatic carbocycles. The van der Waals surface area contributed by atoms with Gasteiger partial charge in [-0.15, -0.1) is 0 Å². The van der Waals surface area contributed by atoms with E-state index in [4.69, 9.17) is 16.3 Å². The minimum absolute atomic E-state index is 0.0820. The number of anilines is 1. The number of amides is 2. The molecule has 0 saturated carbocycles. The van der Waals surface area contributed by atoms with E-state index in [0.717, 1.165) is 11.8 Å². The molecule has 0 saturated heterocycles. The fraction of sp³-hybridized carbons (Fsp3) is 0.440. The van der Waals surface area contributed by atoms with Crippen molar-refractivity contribution in [1.29, 1.82) is 0 Å². The van der Waals surface area contributed by atoms with E-state index in [-0.39, 0.29) is 37.7 Å². The second-order valence-corrected chi connectivity index (χ2v) is 10.5. The molecule has 1 atom stereocenters. The maximum atomic E-state index is 13.3. The van der Waals surface area contributed by atoms with Gasteiger partial charge in [0.2, 0.25) is 21.8 Å². The summed E-state index contributed by atoms with van der Waals surface area (Å²) >= 11 is 6.04. The molecular formula is C25H34ClN3O5S. The van der Waals surface area contributed by atoms with Gasteiger partial charge in [0.15, 0.2) is 0 Å². The predicted octanol–water partition coefficient (Wildman–Crippen LogP) is 3.84. The summed E-state index contributed by atoms with van der Waals surface area (Å²) in [5, 5.41) is 3.23.